The van der Waals surface area contributed by atoms with Gasteiger partial charge in [-0.3, -0.25) is 4.90 Å². The van der Waals surface area contributed by atoms with E-state index in [-0.39, 0.29) is 5.41 Å². The first-order valence-corrected chi connectivity index (χ1v) is 7.06. The van der Waals surface area contributed by atoms with Gasteiger partial charge in [0.25, 0.3) is 0 Å². The number of nitrogens with zero attached hydrogens (tertiary/aromatic N) is 1. The standard InChI is InChI=1S/C15H23ClN2/c1-15(2,3)14(18-9-7-17-8-10-18)12-5-4-6-13(16)11-12/h4-6,11,14,17H,7-10H2,1-3H3/t14-/m0/s1. The van der Waals surface area contributed by atoms with Crippen molar-refractivity contribution in [1.82, 2.24) is 10.2 Å². The highest BCUT2D eigenvalue weighted by atomic mass is 35.5. The van der Waals surface area contributed by atoms with Crippen LogP contribution in [-0.4, -0.2) is 31.1 Å². The largest absolute Gasteiger partial charge is 0.314 e. The van der Waals surface area contributed by atoms with E-state index in [0.717, 1.165) is 31.2 Å². The number of piperazine rings is 1. The van der Waals surface area contributed by atoms with E-state index in [1.54, 1.807) is 0 Å². The van der Waals surface area contributed by atoms with Crippen LogP contribution in [0.25, 0.3) is 0 Å². The molecule has 0 spiro atoms. The van der Waals surface area contributed by atoms with Gasteiger partial charge in [-0.2, -0.15) is 0 Å². The van der Waals surface area contributed by atoms with Crippen LogP contribution in [0.4, 0.5) is 0 Å². The second kappa shape index (κ2) is 5.60. The average Bonchev–Trinajstić information content (AvgIpc) is 2.28. The summed E-state index contributed by atoms with van der Waals surface area (Å²) in [5.74, 6) is 0. The van der Waals surface area contributed by atoms with Crippen molar-refractivity contribution >= 4 is 11.6 Å². The molecule has 1 fully saturated rings. The van der Waals surface area contributed by atoms with E-state index < -0.39 is 0 Å². The molecule has 2 rings (SSSR count). The number of rotatable bonds is 2. The molecule has 18 heavy (non-hydrogen) atoms. The number of benzene rings is 1. The third-order valence-corrected chi connectivity index (χ3v) is 3.74. The lowest BCUT2D eigenvalue weighted by molar-refractivity contribution is 0.0862. The monoisotopic (exact) mass is 266 g/mol. The van der Waals surface area contributed by atoms with Crippen molar-refractivity contribution in [2.45, 2.75) is 26.8 Å². The summed E-state index contributed by atoms with van der Waals surface area (Å²) in [6.07, 6.45) is 0. The minimum Gasteiger partial charge on any atom is -0.314 e. The van der Waals surface area contributed by atoms with Crippen LogP contribution in [0.5, 0.6) is 0 Å². The van der Waals surface area contributed by atoms with E-state index >= 15 is 0 Å². The molecule has 0 bridgehead atoms. The highest BCUT2D eigenvalue weighted by Crippen LogP contribution is 2.38. The maximum absolute atomic E-state index is 6.15. The van der Waals surface area contributed by atoms with Gasteiger partial charge in [-0.05, 0) is 23.1 Å². The van der Waals surface area contributed by atoms with Crippen LogP contribution in [0, 0.1) is 5.41 Å². The van der Waals surface area contributed by atoms with E-state index in [1.165, 1.54) is 5.56 Å². The lowest BCUT2D eigenvalue weighted by atomic mass is 9.81. The van der Waals surface area contributed by atoms with Crippen LogP contribution >= 0.6 is 11.6 Å². The summed E-state index contributed by atoms with van der Waals surface area (Å²) in [5, 5.41) is 4.25. The summed E-state index contributed by atoms with van der Waals surface area (Å²) in [6.45, 7) is 11.3. The molecule has 1 atom stereocenters. The molecule has 0 aliphatic carbocycles. The Morgan fingerprint density at radius 1 is 1.22 bits per heavy atom. The minimum absolute atomic E-state index is 0.210. The summed E-state index contributed by atoms with van der Waals surface area (Å²) in [5.41, 5.74) is 1.54. The lowest BCUT2D eigenvalue weighted by Crippen LogP contribution is -2.48. The predicted molar refractivity (Wildman–Crippen MR) is 78.1 cm³/mol. The molecule has 1 aliphatic heterocycles. The maximum atomic E-state index is 6.15. The molecule has 0 radical (unpaired) electrons. The number of nitrogens with one attached hydrogen (secondary N) is 1. The second-order valence-electron chi connectivity index (χ2n) is 6.11. The van der Waals surface area contributed by atoms with Crippen molar-refractivity contribution in [2.75, 3.05) is 26.2 Å². The molecule has 0 aromatic heterocycles. The summed E-state index contributed by atoms with van der Waals surface area (Å²) in [7, 11) is 0. The molecule has 2 nitrogen and oxygen atoms in total. The first kappa shape index (κ1) is 13.9. The van der Waals surface area contributed by atoms with Crippen LogP contribution in [0.1, 0.15) is 32.4 Å². The van der Waals surface area contributed by atoms with Crippen molar-refractivity contribution in [1.29, 1.82) is 0 Å². The Kier molecular flexibility index (Phi) is 4.31. The van der Waals surface area contributed by atoms with Crippen LogP contribution < -0.4 is 5.32 Å². The molecular weight excluding hydrogens is 244 g/mol. The molecule has 1 aromatic carbocycles. The minimum atomic E-state index is 0.210. The Morgan fingerprint density at radius 3 is 2.44 bits per heavy atom. The summed E-state index contributed by atoms with van der Waals surface area (Å²) in [4.78, 5) is 2.57. The van der Waals surface area contributed by atoms with Crippen molar-refractivity contribution < 1.29 is 0 Å². The zero-order valence-electron chi connectivity index (χ0n) is 11.5. The molecule has 1 aromatic rings. The zero-order valence-corrected chi connectivity index (χ0v) is 12.3. The van der Waals surface area contributed by atoms with Gasteiger partial charge in [-0.1, -0.05) is 44.5 Å². The Labute approximate surface area is 115 Å². The molecule has 0 amide bonds. The molecule has 1 heterocycles. The Balaban J connectivity index is 2.30. The fourth-order valence-electron chi connectivity index (χ4n) is 2.88. The highest BCUT2D eigenvalue weighted by molar-refractivity contribution is 6.30. The Morgan fingerprint density at radius 2 is 1.89 bits per heavy atom. The molecule has 0 unspecified atom stereocenters. The lowest BCUT2D eigenvalue weighted by Gasteiger charge is -2.42. The van der Waals surface area contributed by atoms with Gasteiger partial charge in [-0.25, -0.2) is 0 Å². The van der Waals surface area contributed by atoms with E-state index in [4.69, 9.17) is 11.6 Å². The molecule has 1 aliphatic rings. The molecule has 3 heteroatoms. The van der Waals surface area contributed by atoms with Gasteiger partial charge >= 0.3 is 0 Å². The topological polar surface area (TPSA) is 15.3 Å². The van der Waals surface area contributed by atoms with Crippen molar-refractivity contribution in [3.8, 4) is 0 Å². The molecular formula is C15H23ClN2. The van der Waals surface area contributed by atoms with Crippen LogP contribution in [0.15, 0.2) is 24.3 Å². The van der Waals surface area contributed by atoms with Gasteiger partial charge in [0.1, 0.15) is 0 Å². The molecule has 1 saturated heterocycles. The number of halogens is 1. The van der Waals surface area contributed by atoms with Crippen LogP contribution in [-0.2, 0) is 0 Å². The van der Waals surface area contributed by atoms with Gasteiger partial charge in [0.2, 0.25) is 0 Å². The van der Waals surface area contributed by atoms with Gasteiger partial charge in [-0.15, -0.1) is 0 Å². The smallest absolute Gasteiger partial charge is 0.0409 e. The summed E-state index contributed by atoms with van der Waals surface area (Å²) < 4.78 is 0. The highest BCUT2D eigenvalue weighted by Gasteiger charge is 2.32. The van der Waals surface area contributed by atoms with Crippen molar-refractivity contribution in [3.63, 3.8) is 0 Å². The normalized spacial score (nSPS) is 19.8. The van der Waals surface area contributed by atoms with Gasteiger partial charge in [0, 0.05) is 37.2 Å². The zero-order chi connectivity index (χ0) is 13.2. The van der Waals surface area contributed by atoms with E-state index in [0.29, 0.717) is 6.04 Å². The van der Waals surface area contributed by atoms with E-state index in [2.05, 4.69) is 49.2 Å². The van der Waals surface area contributed by atoms with Gasteiger partial charge in [0.05, 0.1) is 0 Å². The number of hydrogen-bond donors (Lipinski definition) is 1. The third-order valence-electron chi connectivity index (χ3n) is 3.50. The fourth-order valence-corrected chi connectivity index (χ4v) is 3.07. The first-order chi connectivity index (χ1) is 8.48. The van der Waals surface area contributed by atoms with E-state index in [1.807, 2.05) is 6.07 Å². The third kappa shape index (κ3) is 3.25. The van der Waals surface area contributed by atoms with Crippen molar-refractivity contribution in [2.24, 2.45) is 5.41 Å². The van der Waals surface area contributed by atoms with Crippen LogP contribution in [0.2, 0.25) is 5.02 Å². The quantitative estimate of drug-likeness (QED) is 0.883. The molecule has 1 N–H and O–H groups in total. The van der Waals surface area contributed by atoms with Gasteiger partial charge < -0.3 is 5.32 Å². The maximum Gasteiger partial charge on any atom is 0.0409 e. The van der Waals surface area contributed by atoms with Gasteiger partial charge in [0.15, 0.2) is 0 Å². The summed E-state index contributed by atoms with van der Waals surface area (Å²) >= 11 is 6.15. The van der Waals surface area contributed by atoms with E-state index in [9.17, 15) is 0 Å². The summed E-state index contributed by atoms with van der Waals surface area (Å²) in [6, 6.07) is 8.74. The molecule has 0 saturated carbocycles. The second-order valence-corrected chi connectivity index (χ2v) is 6.55. The first-order valence-electron chi connectivity index (χ1n) is 6.69. The SMILES string of the molecule is CC(C)(C)[C@H](c1cccc(Cl)c1)N1CCNCC1. The Hall–Kier alpha value is -0.570. The van der Waals surface area contributed by atoms with Crippen molar-refractivity contribution in [3.05, 3.63) is 34.9 Å². The van der Waals surface area contributed by atoms with Crippen LogP contribution in [0.3, 0.4) is 0 Å². The average molecular weight is 267 g/mol. The number of hydrogen-bond acceptors (Lipinski definition) is 2. The fraction of sp³-hybridized carbons (Fsp3) is 0.600. The predicted octanol–water partition coefficient (Wildman–Crippen LogP) is 3.33. The molecule has 100 valence electrons. The Bertz CT molecular complexity index is 392.